The van der Waals surface area contributed by atoms with Crippen LogP contribution in [0.15, 0.2) is 6.20 Å². The van der Waals surface area contributed by atoms with Crippen LogP contribution in [-0.4, -0.2) is 16.1 Å². The summed E-state index contributed by atoms with van der Waals surface area (Å²) in [6.45, 7) is 8.42. The van der Waals surface area contributed by atoms with E-state index >= 15 is 0 Å². The van der Waals surface area contributed by atoms with E-state index in [0.29, 0.717) is 11.5 Å². The lowest BCUT2D eigenvalue weighted by Gasteiger charge is -2.04. The van der Waals surface area contributed by atoms with Crippen LogP contribution in [-0.2, 0) is 4.79 Å². The number of aromatic nitrogens is 2. The number of amides is 1. The van der Waals surface area contributed by atoms with Crippen LogP contribution in [0.25, 0.3) is 0 Å². The third-order valence-corrected chi connectivity index (χ3v) is 4.20. The maximum Gasteiger partial charge on any atom is 0.229 e. The van der Waals surface area contributed by atoms with Gasteiger partial charge in [0.15, 0.2) is 5.82 Å². The molecule has 88 valence electrons. The molecule has 1 saturated carbocycles. The first-order valence-electron chi connectivity index (χ1n) is 5.38. The summed E-state index contributed by atoms with van der Waals surface area (Å²) in [5.41, 5.74) is 6.17. The Balaban J connectivity index is 2.10. The Morgan fingerprint density at radius 2 is 2.00 bits per heavy atom. The molecule has 4 N–H and O–H groups in total. The standard InChI is InChI=1S/C11H18N4O/c1-10(2)7(11(10,3)4)9(16)14-8-6(12)5-13-15-8/h5,7H,12H2,1-4H3,(H2,13,14,15,16). The van der Waals surface area contributed by atoms with Crippen LogP contribution in [0.4, 0.5) is 11.5 Å². The van der Waals surface area contributed by atoms with Gasteiger partial charge in [-0.2, -0.15) is 5.10 Å². The van der Waals surface area contributed by atoms with Crippen molar-refractivity contribution in [1.29, 1.82) is 0 Å². The van der Waals surface area contributed by atoms with Gasteiger partial charge in [0.1, 0.15) is 0 Å². The first-order valence-corrected chi connectivity index (χ1v) is 5.38. The van der Waals surface area contributed by atoms with E-state index in [2.05, 4.69) is 43.2 Å². The zero-order valence-corrected chi connectivity index (χ0v) is 10.1. The quantitative estimate of drug-likeness (QED) is 0.710. The minimum atomic E-state index is 0.00551. The monoisotopic (exact) mass is 222 g/mol. The molecule has 0 radical (unpaired) electrons. The summed E-state index contributed by atoms with van der Waals surface area (Å²) in [7, 11) is 0. The molecule has 5 nitrogen and oxygen atoms in total. The summed E-state index contributed by atoms with van der Waals surface area (Å²) in [4.78, 5) is 12.0. The fourth-order valence-corrected chi connectivity index (χ4v) is 2.44. The molecule has 1 aliphatic rings. The average Bonchev–Trinajstić information content (AvgIpc) is 2.44. The van der Waals surface area contributed by atoms with E-state index in [0.717, 1.165) is 0 Å². The summed E-state index contributed by atoms with van der Waals surface area (Å²) in [5.74, 6) is 0.511. The number of carbonyl (C=O) groups excluding carboxylic acids is 1. The number of nitrogens with one attached hydrogen (secondary N) is 2. The Morgan fingerprint density at radius 3 is 2.38 bits per heavy atom. The predicted molar refractivity (Wildman–Crippen MR) is 62.7 cm³/mol. The lowest BCUT2D eigenvalue weighted by atomic mass is 10.0. The van der Waals surface area contributed by atoms with Crippen LogP contribution in [0.5, 0.6) is 0 Å². The fourth-order valence-electron chi connectivity index (χ4n) is 2.44. The molecule has 1 heterocycles. The van der Waals surface area contributed by atoms with E-state index in [-0.39, 0.29) is 22.7 Å². The van der Waals surface area contributed by atoms with Crippen LogP contribution in [0.3, 0.4) is 0 Å². The minimum absolute atomic E-state index is 0.00551. The maximum atomic E-state index is 12.0. The minimum Gasteiger partial charge on any atom is -0.394 e. The molecule has 1 amide bonds. The second kappa shape index (κ2) is 2.99. The zero-order valence-electron chi connectivity index (χ0n) is 10.1. The predicted octanol–water partition coefficient (Wildman–Crippen LogP) is 1.61. The molecule has 0 aliphatic heterocycles. The molecular weight excluding hydrogens is 204 g/mol. The summed E-state index contributed by atoms with van der Waals surface area (Å²) in [6, 6.07) is 0. The Morgan fingerprint density at radius 1 is 1.44 bits per heavy atom. The van der Waals surface area contributed by atoms with E-state index in [1.807, 2.05) is 0 Å². The number of nitrogen functional groups attached to an aromatic ring is 1. The Hall–Kier alpha value is -1.52. The lowest BCUT2D eigenvalue weighted by Crippen LogP contribution is -2.18. The highest BCUT2D eigenvalue weighted by molar-refractivity contribution is 5.97. The molecule has 0 atom stereocenters. The van der Waals surface area contributed by atoms with Crippen LogP contribution < -0.4 is 11.1 Å². The van der Waals surface area contributed by atoms with Gasteiger partial charge in [0.25, 0.3) is 0 Å². The number of hydrogen-bond donors (Lipinski definition) is 3. The number of H-pyrrole nitrogens is 1. The normalized spacial score (nSPS) is 21.8. The van der Waals surface area contributed by atoms with Crippen LogP contribution in [0.2, 0.25) is 0 Å². The molecule has 0 bridgehead atoms. The van der Waals surface area contributed by atoms with E-state index < -0.39 is 0 Å². The third-order valence-electron chi connectivity index (χ3n) is 4.20. The Kier molecular flexibility index (Phi) is 2.05. The van der Waals surface area contributed by atoms with Crippen molar-refractivity contribution in [3.8, 4) is 0 Å². The molecule has 1 fully saturated rings. The topological polar surface area (TPSA) is 83.8 Å². The van der Waals surface area contributed by atoms with Gasteiger partial charge in [0.2, 0.25) is 5.91 Å². The molecule has 16 heavy (non-hydrogen) atoms. The number of carbonyl (C=O) groups is 1. The smallest absolute Gasteiger partial charge is 0.229 e. The first-order chi connectivity index (χ1) is 7.28. The molecule has 1 aromatic rings. The van der Waals surface area contributed by atoms with Crippen molar-refractivity contribution < 1.29 is 4.79 Å². The van der Waals surface area contributed by atoms with Crippen molar-refractivity contribution in [2.24, 2.45) is 16.7 Å². The summed E-state index contributed by atoms with van der Waals surface area (Å²) >= 11 is 0. The van der Waals surface area contributed by atoms with E-state index in [4.69, 9.17) is 5.73 Å². The second-order valence-electron chi connectivity index (χ2n) is 5.57. The Labute approximate surface area is 94.8 Å². The van der Waals surface area contributed by atoms with E-state index in [9.17, 15) is 4.79 Å². The molecule has 1 aliphatic carbocycles. The van der Waals surface area contributed by atoms with Crippen LogP contribution >= 0.6 is 0 Å². The molecule has 2 rings (SSSR count). The van der Waals surface area contributed by atoms with Crippen molar-refractivity contribution >= 4 is 17.4 Å². The van der Waals surface area contributed by atoms with Gasteiger partial charge in [-0.3, -0.25) is 9.89 Å². The SMILES string of the molecule is CC1(C)C(C(=O)Nc2[nH]ncc2N)C1(C)C. The van der Waals surface area contributed by atoms with Crippen molar-refractivity contribution in [2.75, 3.05) is 11.1 Å². The fraction of sp³-hybridized carbons (Fsp3) is 0.636. The van der Waals surface area contributed by atoms with Gasteiger partial charge in [0.05, 0.1) is 11.9 Å². The van der Waals surface area contributed by atoms with Crippen LogP contribution in [0, 0.1) is 16.7 Å². The van der Waals surface area contributed by atoms with Gasteiger partial charge in [-0.05, 0) is 10.8 Å². The van der Waals surface area contributed by atoms with Gasteiger partial charge >= 0.3 is 0 Å². The maximum absolute atomic E-state index is 12.0. The number of hydrogen-bond acceptors (Lipinski definition) is 3. The van der Waals surface area contributed by atoms with Gasteiger partial charge in [-0.25, -0.2) is 0 Å². The molecule has 0 unspecified atom stereocenters. The van der Waals surface area contributed by atoms with Gasteiger partial charge in [0, 0.05) is 5.92 Å². The highest BCUT2D eigenvalue weighted by Gasteiger charge is 2.68. The summed E-state index contributed by atoms with van der Waals surface area (Å²) in [6.07, 6.45) is 1.48. The van der Waals surface area contributed by atoms with Crippen molar-refractivity contribution in [2.45, 2.75) is 27.7 Å². The van der Waals surface area contributed by atoms with Crippen molar-refractivity contribution in [3.05, 3.63) is 6.20 Å². The number of aromatic amines is 1. The molecule has 0 spiro atoms. The third kappa shape index (κ3) is 1.31. The van der Waals surface area contributed by atoms with E-state index in [1.165, 1.54) is 6.20 Å². The lowest BCUT2D eigenvalue weighted by molar-refractivity contribution is -0.118. The zero-order chi connectivity index (χ0) is 12.1. The van der Waals surface area contributed by atoms with E-state index in [1.54, 1.807) is 0 Å². The highest BCUT2D eigenvalue weighted by Crippen LogP contribution is 2.68. The molecule has 1 aromatic heterocycles. The summed E-state index contributed by atoms with van der Waals surface area (Å²) in [5, 5.41) is 9.21. The van der Waals surface area contributed by atoms with Crippen LogP contribution in [0.1, 0.15) is 27.7 Å². The average molecular weight is 222 g/mol. The Bertz CT molecular complexity index is 419. The number of nitrogens with two attached hydrogens (primary N) is 1. The van der Waals surface area contributed by atoms with Gasteiger partial charge in [-0.15, -0.1) is 0 Å². The number of anilines is 2. The first kappa shape index (κ1) is 11.0. The van der Waals surface area contributed by atoms with Crippen molar-refractivity contribution in [3.63, 3.8) is 0 Å². The molecule has 0 saturated heterocycles. The molecular formula is C11H18N4O. The second-order valence-corrected chi connectivity index (χ2v) is 5.57. The largest absolute Gasteiger partial charge is 0.394 e. The highest BCUT2D eigenvalue weighted by atomic mass is 16.2. The molecule has 0 aromatic carbocycles. The number of nitrogens with zero attached hydrogens (tertiary/aromatic N) is 1. The van der Waals surface area contributed by atoms with Gasteiger partial charge < -0.3 is 11.1 Å². The van der Waals surface area contributed by atoms with Crippen molar-refractivity contribution in [1.82, 2.24) is 10.2 Å². The molecule has 5 heteroatoms. The van der Waals surface area contributed by atoms with Gasteiger partial charge in [-0.1, -0.05) is 27.7 Å². The summed E-state index contributed by atoms with van der Waals surface area (Å²) < 4.78 is 0. The number of rotatable bonds is 2.